The number of rotatable bonds is 2. The maximum atomic E-state index is 11.7. The van der Waals surface area contributed by atoms with E-state index in [-0.39, 0.29) is 24.2 Å². The average Bonchev–Trinajstić information content (AvgIpc) is 2.14. The van der Waals surface area contributed by atoms with Crippen LogP contribution in [0.4, 0.5) is 0 Å². The zero-order valence-corrected chi connectivity index (χ0v) is 10.7. The van der Waals surface area contributed by atoms with Gasteiger partial charge in [-0.25, -0.2) is 0 Å². The van der Waals surface area contributed by atoms with Crippen LogP contribution in [0.3, 0.4) is 0 Å². The zero-order valence-electron chi connectivity index (χ0n) is 10.7. The Bertz CT molecular complexity index is 283. The molecule has 0 atom stereocenters. The first kappa shape index (κ1) is 11.9. The van der Waals surface area contributed by atoms with E-state index in [1.807, 2.05) is 4.90 Å². The van der Waals surface area contributed by atoms with E-state index in [1.165, 1.54) is 0 Å². The van der Waals surface area contributed by atoms with Crippen LogP contribution in [0.25, 0.3) is 0 Å². The number of hydrogen-bond acceptors (Lipinski definition) is 3. The number of amides is 1. The predicted molar refractivity (Wildman–Crippen MR) is 62.2 cm³/mol. The van der Waals surface area contributed by atoms with E-state index < -0.39 is 0 Å². The van der Waals surface area contributed by atoms with Gasteiger partial charge in [-0.3, -0.25) is 9.69 Å². The lowest BCUT2D eigenvalue weighted by atomic mass is 9.90. The summed E-state index contributed by atoms with van der Waals surface area (Å²) in [5.41, 5.74) is -0.0809. The van der Waals surface area contributed by atoms with Crippen molar-refractivity contribution in [3.63, 3.8) is 0 Å². The van der Waals surface area contributed by atoms with Crippen molar-refractivity contribution in [3.05, 3.63) is 0 Å². The second-order valence-electron chi connectivity index (χ2n) is 5.59. The Morgan fingerprint density at radius 1 is 1.12 bits per heavy atom. The predicted octanol–water partition coefficient (Wildman–Crippen LogP) is 0.716. The quantitative estimate of drug-likeness (QED) is 0.695. The van der Waals surface area contributed by atoms with Gasteiger partial charge in [0.2, 0.25) is 5.91 Å². The first-order valence-electron chi connectivity index (χ1n) is 6.11. The topological polar surface area (TPSA) is 32.8 Å². The monoisotopic (exact) mass is 226 g/mol. The summed E-state index contributed by atoms with van der Waals surface area (Å²) in [4.78, 5) is 16.0. The van der Waals surface area contributed by atoms with Crippen molar-refractivity contribution in [2.75, 3.05) is 26.2 Å². The summed E-state index contributed by atoms with van der Waals surface area (Å²) in [7, 11) is 0. The van der Waals surface area contributed by atoms with E-state index in [0.29, 0.717) is 6.04 Å². The molecule has 0 saturated carbocycles. The maximum absolute atomic E-state index is 11.7. The molecule has 0 aromatic heterocycles. The molecule has 0 bridgehead atoms. The smallest absolute Gasteiger partial charge is 0.248 e. The number of carbonyl (C=O) groups is 1. The largest absolute Gasteiger partial charge is 0.361 e. The van der Waals surface area contributed by atoms with Crippen molar-refractivity contribution in [1.29, 1.82) is 0 Å². The lowest BCUT2D eigenvalue weighted by molar-refractivity contribution is -0.201. The van der Waals surface area contributed by atoms with Crippen molar-refractivity contribution < 1.29 is 9.53 Å². The van der Waals surface area contributed by atoms with Crippen LogP contribution in [0.1, 0.15) is 27.7 Å². The molecule has 0 unspecified atom stereocenters. The first-order chi connectivity index (χ1) is 7.43. The number of carbonyl (C=O) groups excluding carboxylic acids is 1. The molecule has 92 valence electrons. The fourth-order valence-electron chi connectivity index (χ4n) is 2.46. The number of likely N-dealkylation sites (tertiary alicyclic amines) is 1. The molecule has 2 heterocycles. The molecule has 1 spiro atoms. The molecule has 4 heteroatoms. The van der Waals surface area contributed by atoms with E-state index >= 15 is 0 Å². The van der Waals surface area contributed by atoms with Crippen molar-refractivity contribution in [1.82, 2.24) is 9.80 Å². The van der Waals surface area contributed by atoms with E-state index in [0.717, 1.165) is 19.6 Å². The summed E-state index contributed by atoms with van der Waals surface area (Å²) in [6.07, 6.45) is 0. The normalized spacial score (nSPS) is 25.6. The molecule has 0 aliphatic carbocycles. The van der Waals surface area contributed by atoms with Crippen LogP contribution < -0.4 is 0 Å². The standard InChI is InChI=1S/C12H22N2O2/c1-9(2)13-6-12(7-13)8-14(10(3)4)11(15)5-16-12/h9-10H,5-8H2,1-4H3. The minimum Gasteiger partial charge on any atom is -0.361 e. The fourth-order valence-corrected chi connectivity index (χ4v) is 2.46. The molecule has 0 aromatic carbocycles. The summed E-state index contributed by atoms with van der Waals surface area (Å²) in [6.45, 7) is 11.5. The number of morpholine rings is 1. The van der Waals surface area contributed by atoms with Gasteiger partial charge in [-0.15, -0.1) is 0 Å². The van der Waals surface area contributed by atoms with Gasteiger partial charge in [0, 0.05) is 25.2 Å². The van der Waals surface area contributed by atoms with Crippen LogP contribution in [0.5, 0.6) is 0 Å². The Morgan fingerprint density at radius 3 is 2.25 bits per heavy atom. The molecule has 2 saturated heterocycles. The third-order valence-corrected chi connectivity index (χ3v) is 3.62. The average molecular weight is 226 g/mol. The van der Waals surface area contributed by atoms with Gasteiger partial charge in [-0.2, -0.15) is 0 Å². The van der Waals surface area contributed by atoms with Crippen molar-refractivity contribution in [2.24, 2.45) is 0 Å². The SMILES string of the molecule is CC(C)N1CC2(C1)CN(C(C)C)C(=O)CO2. The molecular weight excluding hydrogens is 204 g/mol. The molecule has 2 aliphatic heterocycles. The lowest BCUT2D eigenvalue weighted by Crippen LogP contribution is -2.72. The van der Waals surface area contributed by atoms with Crippen molar-refractivity contribution in [2.45, 2.75) is 45.4 Å². The number of nitrogens with zero attached hydrogens (tertiary/aromatic N) is 2. The Balaban J connectivity index is 1.97. The molecule has 16 heavy (non-hydrogen) atoms. The summed E-state index contributed by atoms with van der Waals surface area (Å²) >= 11 is 0. The minimum atomic E-state index is -0.0809. The second-order valence-corrected chi connectivity index (χ2v) is 5.59. The van der Waals surface area contributed by atoms with E-state index in [4.69, 9.17) is 4.74 Å². The van der Waals surface area contributed by atoms with E-state index in [2.05, 4.69) is 32.6 Å². The van der Waals surface area contributed by atoms with Crippen LogP contribution in [-0.2, 0) is 9.53 Å². The van der Waals surface area contributed by atoms with Crippen molar-refractivity contribution >= 4 is 5.91 Å². The van der Waals surface area contributed by atoms with Crippen LogP contribution in [0.2, 0.25) is 0 Å². The third kappa shape index (κ3) is 1.96. The van der Waals surface area contributed by atoms with Gasteiger partial charge in [0.25, 0.3) is 0 Å². The highest BCUT2D eigenvalue weighted by Gasteiger charge is 2.49. The maximum Gasteiger partial charge on any atom is 0.248 e. The van der Waals surface area contributed by atoms with Gasteiger partial charge in [0.15, 0.2) is 0 Å². The molecule has 1 amide bonds. The highest BCUT2D eigenvalue weighted by molar-refractivity contribution is 5.78. The fraction of sp³-hybridized carbons (Fsp3) is 0.917. The first-order valence-corrected chi connectivity index (χ1v) is 6.11. The van der Waals surface area contributed by atoms with Gasteiger partial charge >= 0.3 is 0 Å². The zero-order chi connectivity index (χ0) is 11.9. The highest BCUT2D eigenvalue weighted by Crippen LogP contribution is 2.31. The van der Waals surface area contributed by atoms with Gasteiger partial charge < -0.3 is 9.64 Å². The van der Waals surface area contributed by atoms with E-state index in [1.54, 1.807) is 0 Å². The summed E-state index contributed by atoms with van der Waals surface area (Å²) < 4.78 is 5.74. The summed E-state index contributed by atoms with van der Waals surface area (Å²) in [6, 6.07) is 0.848. The second kappa shape index (κ2) is 4.00. The molecule has 0 N–H and O–H groups in total. The molecule has 2 aliphatic rings. The summed E-state index contributed by atoms with van der Waals surface area (Å²) in [5, 5.41) is 0. The van der Waals surface area contributed by atoms with Gasteiger partial charge in [0.1, 0.15) is 12.2 Å². The molecule has 0 aromatic rings. The summed E-state index contributed by atoms with van der Waals surface area (Å²) in [5.74, 6) is 0.128. The van der Waals surface area contributed by atoms with E-state index in [9.17, 15) is 4.79 Å². The molecular formula is C12H22N2O2. The molecule has 0 radical (unpaired) electrons. The Kier molecular flexibility index (Phi) is 2.97. The van der Waals surface area contributed by atoms with Gasteiger partial charge in [0.05, 0.1) is 6.54 Å². The minimum absolute atomic E-state index is 0.0809. The lowest BCUT2D eigenvalue weighted by Gasteiger charge is -2.55. The molecule has 2 fully saturated rings. The van der Waals surface area contributed by atoms with Crippen LogP contribution in [0.15, 0.2) is 0 Å². The van der Waals surface area contributed by atoms with Crippen molar-refractivity contribution in [3.8, 4) is 0 Å². The van der Waals surface area contributed by atoms with Gasteiger partial charge in [-0.1, -0.05) is 0 Å². The van der Waals surface area contributed by atoms with Crippen LogP contribution in [0, 0.1) is 0 Å². The highest BCUT2D eigenvalue weighted by atomic mass is 16.5. The third-order valence-electron chi connectivity index (χ3n) is 3.62. The molecule has 4 nitrogen and oxygen atoms in total. The Hall–Kier alpha value is -0.610. The number of ether oxygens (including phenoxy) is 1. The Morgan fingerprint density at radius 2 is 1.75 bits per heavy atom. The van der Waals surface area contributed by atoms with Gasteiger partial charge in [-0.05, 0) is 27.7 Å². The number of hydrogen-bond donors (Lipinski definition) is 0. The van der Waals surface area contributed by atoms with Crippen LogP contribution in [-0.4, -0.2) is 59.6 Å². The molecule has 2 rings (SSSR count). The Labute approximate surface area is 97.5 Å². The van der Waals surface area contributed by atoms with Crippen LogP contribution >= 0.6 is 0 Å².